The number of nitro benzene ring substituents is 1. The number of carbonyl (C=O) groups excluding carboxylic acids is 1. The van der Waals surface area contributed by atoms with E-state index in [-0.39, 0.29) is 34.8 Å². The Labute approximate surface area is 127 Å². The number of anilines is 1. The molecule has 1 aromatic rings. The smallest absolute Gasteiger partial charge is 0.338 e. The predicted molar refractivity (Wildman–Crippen MR) is 79.5 cm³/mol. The van der Waals surface area contributed by atoms with Crippen LogP contribution in [0.4, 0.5) is 11.4 Å². The lowest BCUT2D eigenvalue weighted by Gasteiger charge is -2.29. The third-order valence-corrected chi connectivity index (χ3v) is 5.44. The summed E-state index contributed by atoms with van der Waals surface area (Å²) >= 11 is 0. The molecule has 0 aliphatic carbocycles. The van der Waals surface area contributed by atoms with E-state index in [4.69, 9.17) is 0 Å². The summed E-state index contributed by atoms with van der Waals surface area (Å²) in [5.41, 5.74) is 0.0201. The molecule has 8 nitrogen and oxygen atoms in total. The Balaban J connectivity index is 2.66. The normalized spacial score (nSPS) is 17.1. The molecule has 0 saturated carbocycles. The molecule has 0 atom stereocenters. The van der Waals surface area contributed by atoms with Crippen LogP contribution in [0.2, 0.25) is 0 Å². The Bertz CT molecular complexity index is 728. The van der Waals surface area contributed by atoms with Gasteiger partial charge < -0.3 is 4.74 Å². The van der Waals surface area contributed by atoms with E-state index in [9.17, 15) is 23.3 Å². The quantitative estimate of drug-likeness (QED) is 0.474. The molecular formula is C13H16N2O6S. The summed E-state index contributed by atoms with van der Waals surface area (Å²) in [5.74, 6) is -0.762. The summed E-state index contributed by atoms with van der Waals surface area (Å²) in [4.78, 5) is 22.2. The Morgan fingerprint density at radius 2 is 2.05 bits per heavy atom. The second-order valence-corrected chi connectivity index (χ2v) is 7.00. The van der Waals surface area contributed by atoms with Gasteiger partial charge in [-0.05, 0) is 25.8 Å². The molecule has 1 saturated heterocycles. The second-order valence-electron chi connectivity index (χ2n) is 4.98. The molecule has 1 heterocycles. The van der Waals surface area contributed by atoms with E-state index in [1.165, 1.54) is 13.0 Å². The number of esters is 1. The molecule has 0 unspecified atom stereocenters. The summed E-state index contributed by atoms with van der Waals surface area (Å²) in [5, 5.41) is 11.2. The zero-order valence-corrected chi connectivity index (χ0v) is 13.1. The van der Waals surface area contributed by atoms with Crippen molar-refractivity contribution in [2.24, 2.45) is 0 Å². The van der Waals surface area contributed by atoms with Gasteiger partial charge in [-0.3, -0.25) is 14.4 Å². The molecule has 0 spiro atoms. The summed E-state index contributed by atoms with van der Waals surface area (Å²) in [6.07, 6.45) is 1.21. The van der Waals surface area contributed by atoms with Gasteiger partial charge in [0, 0.05) is 12.6 Å². The van der Waals surface area contributed by atoms with Crippen LogP contribution in [0.1, 0.15) is 28.8 Å². The van der Waals surface area contributed by atoms with Crippen LogP contribution in [0.5, 0.6) is 0 Å². The Hall–Kier alpha value is -2.16. The van der Waals surface area contributed by atoms with E-state index in [1.54, 1.807) is 0 Å². The first kappa shape index (κ1) is 16.2. The SMILES string of the molecule is COC(=O)c1cc(N2CCCCS2(=O)=O)c(C)c([N+](=O)[O-])c1. The Kier molecular flexibility index (Phi) is 4.36. The first-order valence-electron chi connectivity index (χ1n) is 6.65. The van der Waals surface area contributed by atoms with Gasteiger partial charge in [-0.1, -0.05) is 0 Å². The van der Waals surface area contributed by atoms with E-state index in [2.05, 4.69) is 4.74 Å². The number of methoxy groups -OCH3 is 1. The maximum Gasteiger partial charge on any atom is 0.338 e. The van der Waals surface area contributed by atoms with Crippen LogP contribution in [-0.4, -0.2) is 38.7 Å². The third-order valence-electron chi connectivity index (χ3n) is 3.59. The minimum atomic E-state index is -3.53. The highest BCUT2D eigenvalue weighted by atomic mass is 32.2. The second kappa shape index (κ2) is 5.91. The zero-order valence-electron chi connectivity index (χ0n) is 12.2. The first-order chi connectivity index (χ1) is 10.3. The van der Waals surface area contributed by atoms with Crippen molar-refractivity contribution in [1.82, 2.24) is 0 Å². The Morgan fingerprint density at radius 3 is 2.59 bits per heavy atom. The molecule has 0 amide bonds. The van der Waals surface area contributed by atoms with Gasteiger partial charge in [0.2, 0.25) is 10.0 Å². The van der Waals surface area contributed by atoms with Gasteiger partial charge in [0.05, 0.1) is 34.6 Å². The third kappa shape index (κ3) is 2.89. The number of ether oxygens (including phenoxy) is 1. The maximum atomic E-state index is 12.2. The number of sulfonamides is 1. The van der Waals surface area contributed by atoms with Gasteiger partial charge in [0.1, 0.15) is 0 Å². The molecule has 0 N–H and O–H groups in total. The molecule has 1 aliphatic rings. The molecule has 120 valence electrons. The van der Waals surface area contributed by atoms with Crippen molar-refractivity contribution in [2.75, 3.05) is 23.7 Å². The summed E-state index contributed by atoms with van der Waals surface area (Å²) < 4.78 is 30.1. The number of rotatable bonds is 3. The fourth-order valence-corrected chi connectivity index (χ4v) is 4.11. The molecule has 22 heavy (non-hydrogen) atoms. The van der Waals surface area contributed by atoms with Crippen LogP contribution in [0.15, 0.2) is 12.1 Å². The average molecular weight is 328 g/mol. The van der Waals surface area contributed by atoms with Crippen molar-refractivity contribution in [2.45, 2.75) is 19.8 Å². The molecule has 1 aromatic carbocycles. The molecule has 0 bridgehead atoms. The van der Waals surface area contributed by atoms with Crippen molar-refractivity contribution in [1.29, 1.82) is 0 Å². The summed E-state index contributed by atoms with van der Waals surface area (Å²) in [6, 6.07) is 2.43. The van der Waals surface area contributed by atoms with Crippen LogP contribution >= 0.6 is 0 Å². The number of hydrogen-bond acceptors (Lipinski definition) is 6. The fourth-order valence-electron chi connectivity index (χ4n) is 2.43. The molecule has 2 rings (SSSR count). The van der Waals surface area contributed by atoms with Crippen LogP contribution in [-0.2, 0) is 14.8 Å². The lowest BCUT2D eigenvalue weighted by Crippen LogP contribution is -2.38. The van der Waals surface area contributed by atoms with E-state index < -0.39 is 20.9 Å². The van der Waals surface area contributed by atoms with Gasteiger partial charge in [-0.15, -0.1) is 0 Å². The van der Waals surface area contributed by atoms with Crippen molar-refractivity contribution in [3.8, 4) is 0 Å². The number of hydrogen-bond donors (Lipinski definition) is 0. The lowest BCUT2D eigenvalue weighted by atomic mass is 10.1. The molecule has 0 radical (unpaired) electrons. The highest BCUT2D eigenvalue weighted by molar-refractivity contribution is 7.92. The minimum absolute atomic E-state index is 0.0112. The zero-order chi connectivity index (χ0) is 16.5. The molecule has 1 aliphatic heterocycles. The predicted octanol–water partition coefficient (Wildman–Crippen LogP) is 1.62. The topological polar surface area (TPSA) is 107 Å². The van der Waals surface area contributed by atoms with E-state index in [1.807, 2.05) is 0 Å². The van der Waals surface area contributed by atoms with E-state index in [0.29, 0.717) is 12.8 Å². The largest absolute Gasteiger partial charge is 0.465 e. The van der Waals surface area contributed by atoms with E-state index >= 15 is 0 Å². The minimum Gasteiger partial charge on any atom is -0.465 e. The average Bonchev–Trinajstić information content (AvgIpc) is 2.46. The molecule has 0 aromatic heterocycles. The molecule has 9 heteroatoms. The van der Waals surface area contributed by atoms with Crippen molar-refractivity contribution < 1.29 is 22.9 Å². The van der Waals surface area contributed by atoms with E-state index in [0.717, 1.165) is 17.5 Å². The van der Waals surface area contributed by atoms with Crippen molar-refractivity contribution in [3.05, 3.63) is 33.4 Å². The highest BCUT2D eigenvalue weighted by Crippen LogP contribution is 2.34. The summed E-state index contributed by atoms with van der Waals surface area (Å²) in [6.45, 7) is 1.71. The fraction of sp³-hybridized carbons (Fsp3) is 0.462. The maximum absolute atomic E-state index is 12.2. The number of benzene rings is 1. The monoisotopic (exact) mass is 328 g/mol. The van der Waals surface area contributed by atoms with Crippen molar-refractivity contribution >= 4 is 27.4 Å². The number of nitrogens with zero attached hydrogens (tertiary/aromatic N) is 2. The first-order valence-corrected chi connectivity index (χ1v) is 8.26. The van der Waals surface area contributed by atoms with Crippen LogP contribution in [0, 0.1) is 17.0 Å². The van der Waals surface area contributed by atoms with Gasteiger partial charge in [-0.2, -0.15) is 0 Å². The highest BCUT2D eigenvalue weighted by Gasteiger charge is 2.30. The van der Waals surface area contributed by atoms with Crippen LogP contribution < -0.4 is 4.31 Å². The lowest BCUT2D eigenvalue weighted by molar-refractivity contribution is -0.385. The van der Waals surface area contributed by atoms with Gasteiger partial charge in [0.25, 0.3) is 5.69 Å². The number of nitro groups is 1. The van der Waals surface area contributed by atoms with Crippen LogP contribution in [0.3, 0.4) is 0 Å². The number of carbonyl (C=O) groups is 1. The van der Waals surface area contributed by atoms with Gasteiger partial charge >= 0.3 is 5.97 Å². The molecular weight excluding hydrogens is 312 g/mol. The standard InChI is InChI=1S/C13H16N2O6S/c1-9-11(14-5-3-4-6-22(14,19)20)7-10(13(16)21-2)8-12(9)15(17)18/h7-8H,3-6H2,1-2H3. The van der Waals surface area contributed by atoms with Gasteiger partial charge in [0.15, 0.2) is 0 Å². The Morgan fingerprint density at radius 1 is 1.36 bits per heavy atom. The molecule has 1 fully saturated rings. The summed E-state index contributed by atoms with van der Waals surface area (Å²) in [7, 11) is -2.37. The van der Waals surface area contributed by atoms with Gasteiger partial charge in [-0.25, -0.2) is 13.2 Å². The van der Waals surface area contributed by atoms with Crippen LogP contribution in [0.25, 0.3) is 0 Å². The van der Waals surface area contributed by atoms with Crippen molar-refractivity contribution in [3.63, 3.8) is 0 Å².